The van der Waals surface area contributed by atoms with Crippen molar-refractivity contribution in [1.82, 2.24) is 4.57 Å². The molecule has 0 fully saturated rings. The minimum Gasteiger partial charge on any atom is -0.310 e. The second-order valence-electron chi connectivity index (χ2n) is 23.0. The summed E-state index contributed by atoms with van der Waals surface area (Å²) in [6.07, 6.45) is 16.3. The van der Waals surface area contributed by atoms with Crippen LogP contribution in [-0.4, -0.2) is 4.57 Å². The molecule has 0 amide bonds. The number of anilines is 3. The summed E-state index contributed by atoms with van der Waals surface area (Å²) in [7, 11) is 0. The maximum absolute atomic E-state index is 3.96. The number of aromatic nitrogens is 1. The fraction of sp³-hybridized carbons (Fsp3) is 0.190. The van der Waals surface area contributed by atoms with Crippen LogP contribution in [0.3, 0.4) is 0 Å². The van der Waals surface area contributed by atoms with Crippen LogP contribution in [0.1, 0.15) is 112 Å². The molecule has 1 aromatic heterocycles. The molecule has 2 heteroatoms. The van der Waals surface area contributed by atoms with Crippen molar-refractivity contribution in [1.29, 1.82) is 0 Å². The van der Waals surface area contributed by atoms with E-state index < -0.39 is 0 Å². The van der Waals surface area contributed by atoms with Crippen LogP contribution in [-0.2, 0) is 18.3 Å². The molecule has 0 unspecified atom stereocenters. The van der Waals surface area contributed by atoms with Crippen molar-refractivity contribution < 1.29 is 0 Å². The Bertz CT molecular complexity index is 3810. The Morgan fingerprint density at radius 1 is 0.370 bits per heavy atom. The zero-order chi connectivity index (χ0) is 55.5. The zero-order valence-electron chi connectivity index (χ0n) is 47.8. The third-order valence-electron chi connectivity index (χ3n) is 17.3. The summed E-state index contributed by atoms with van der Waals surface area (Å²) in [4.78, 5) is 2.41. The number of fused-ring (bicyclic) bond motifs is 6. The van der Waals surface area contributed by atoms with E-state index in [0.29, 0.717) is 0 Å². The maximum Gasteiger partial charge on any atom is 0.0541 e. The van der Waals surface area contributed by atoms with E-state index in [1.54, 1.807) is 0 Å². The predicted octanol–water partition coefficient (Wildman–Crippen LogP) is 22.8. The van der Waals surface area contributed by atoms with E-state index >= 15 is 0 Å². The average molecular weight is 1050 g/mol. The smallest absolute Gasteiger partial charge is 0.0541 e. The first kappa shape index (κ1) is 53.0. The number of benzene rings is 10. The molecule has 1 aliphatic carbocycles. The van der Waals surface area contributed by atoms with Crippen LogP contribution in [0.25, 0.3) is 95.3 Å². The van der Waals surface area contributed by atoms with Gasteiger partial charge in [-0.3, -0.25) is 0 Å². The number of hydrogen-bond donors (Lipinski definition) is 0. The molecule has 0 saturated carbocycles. The van der Waals surface area contributed by atoms with Crippen LogP contribution in [0.15, 0.2) is 232 Å². The molecule has 81 heavy (non-hydrogen) atoms. The van der Waals surface area contributed by atoms with E-state index in [0.717, 1.165) is 41.0 Å². The summed E-state index contributed by atoms with van der Waals surface area (Å²) in [5.74, 6) is 0. The lowest BCUT2D eigenvalue weighted by atomic mass is 9.82. The van der Waals surface area contributed by atoms with Gasteiger partial charge in [-0.25, -0.2) is 0 Å². The van der Waals surface area contributed by atoms with E-state index in [1.807, 2.05) is 12.2 Å². The monoisotopic (exact) mass is 1050 g/mol. The van der Waals surface area contributed by atoms with Crippen LogP contribution in [0.5, 0.6) is 0 Å². The summed E-state index contributed by atoms with van der Waals surface area (Å²) in [5, 5.41) is 2.54. The predicted molar refractivity (Wildman–Crippen MR) is 351 cm³/mol. The maximum atomic E-state index is 3.96. The highest BCUT2D eigenvalue weighted by Gasteiger charge is 2.37. The van der Waals surface area contributed by atoms with E-state index in [1.165, 1.54) is 157 Å². The Balaban J connectivity index is 0.915. The van der Waals surface area contributed by atoms with Crippen molar-refractivity contribution in [2.75, 3.05) is 4.90 Å². The molecule has 1 aliphatic rings. The molecule has 0 saturated heterocycles. The Morgan fingerprint density at radius 3 is 1.17 bits per heavy atom. The highest BCUT2D eigenvalue weighted by molar-refractivity contribution is 6.12. The topological polar surface area (TPSA) is 8.17 Å². The summed E-state index contributed by atoms with van der Waals surface area (Å²) >= 11 is 0. The summed E-state index contributed by atoms with van der Waals surface area (Å²) < 4.78 is 2.51. The van der Waals surface area contributed by atoms with Crippen molar-refractivity contribution >= 4 is 51.0 Å². The normalized spacial score (nSPS) is 12.4. The lowest BCUT2D eigenvalue weighted by molar-refractivity contribution is 0.660. The van der Waals surface area contributed by atoms with E-state index in [-0.39, 0.29) is 5.41 Å². The average Bonchev–Trinajstić information content (AvgIpc) is 3.35. The number of unbranched alkanes of at least 4 members (excludes halogenated alkanes) is 6. The van der Waals surface area contributed by atoms with Crippen molar-refractivity contribution in [2.24, 2.45) is 0 Å². The second-order valence-corrected chi connectivity index (χ2v) is 23.0. The molecule has 400 valence electrons. The van der Waals surface area contributed by atoms with Crippen LogP contribution in [0, 0.1) is 0 Å². The van der Waals surface area contributed by atoms with E-state index in [9.17, 15) is 0 Å². The number of rotatable bonds is 20. The second kappa shape index (κ2) is 23.2. The van der Waals surface area contributed by atoms with Crippen molar-refractivity contribution in [3.05, 3.63) is 265 Å². The standard InChI is InChI=1S/C79H74N2/c1-7-11-13-15-17-57-23-31-63(32-24-57)65-39-49-77-73(51-65)74-52-66(64-33-25-58(26-34-64)18-16-14-12-8-2)40-50-78(74)81(77)70-46-48-72-71-47-45-69(53-75(71)79(5,6)76(72)54-70)80(67-41-35-61(36-42-67)59-27-19-55(9-3)20-28-59)68-43-37-62(38-44-68)60-29-21-56(10-4)22-30-60/h9-10,19-54H,3-4,7-8,11-18H2,1-2,5-6H3. The summed E-state index contributed by atoms with van der Waals surface area (Å²) in [6, 6.07) is 82.5. The molecule has 12 rings (SSSR count). The van der Waals surface area contributed by atoms with E-state index in [2.05, 4.69) is 269 Å². The number of hydrogen-bond acceptors (Lipinski definition) is 1. The van der Waals surface area contributed by atoms with Gasteiger partial charge in [0.1, 0.15) is 0 Å². The molecule has 0 bridgehead atoms. The first-order valence-electron chi connectivity index (χ1n) is 29.7. The number of nitrogens with zero attached hydrogens (tertiary/aromatic N) is 2. The lowest BCUT2D eigenvalue weighted by Gasteiger charge is -2.28. The SMILES string of the molecule is C=Cc1ccc(-c2ccc(N(c3ccc(-c4ccc(C=C)cc4)cc3)c3ccc4c(c3)C(C)(C)c3cc(-n5c6ccc(-c7ccc(CCCCCC)cc7)cc6c6cc(-c7ccc(CCCCCC)cc7)ccc65)ccc3-4)cc2)cc1. The zero-order valence-corrected chi connectivity index (χ0v) is 47.8. The van der Waals surface area contributed by atoms with Gasteiger partial charge in [0.15, 0.2) is 0 Å². The van der Waals surface area contributed by atoms with Crippen LogP contribution >= 0.6 is 0 Å². The molecule has 0 N–H and O–H groups in total. The summed E-state index contributed by atoms with van der Waals surface area (Å²) in [6.45, 7) is 17.3. The van der Waals surface area contributed by atoms with Gasteiger partial charge in [-0.15, -0.1) is 0 Å². The Hall–Kier alpha value is -8.72. The van der Waals surface area contributed by atoms with Gasteiger partial charge in [0.05, 0.1) is 11.0 Å². The third-order valence-corrected chi connectivity index (χ3v) is 17.3. The van der Waals surface area contributed by atoms with Gasteiger partial charge in [0.25, 0.3) is 0 Å². The summed E-state index contributed by atoms with van der Waals surface area (Å²) in [5.41, 5.74) is 26.7. The fourth-order valence-electron chi connectivity index (χ4n) is 12.6. The van der Waals surface area contributed by atoms with E-state index in [4.69, 9.17) is 0 Å². The van der Waals surface area contributed by atoms with Gasteiger partial charge in [-0.2, -0.15) is 0 Å². The molecule has 0 spiro atoms. The van der Waals surface area contributed by atoms with Crippen molar-refractivity contribution in [3.8, 4) is 61.3 Å². The minimum atomic E-state index is -0.283. The quantitative estimate of drug-likeness (QED) is 0.0691. The van der Waals surface area contributed by atoms with Crippen molar-refractivity contribution in [3.63, 3.8) is 0 Å². The lowest BCUT2D eigenvalue weighted by Crippen LogP contribution is -2.17. The molecule has 10 aromatic carbocycles. The molecule has 2 nitrogen and oxygen atoms in total. The Morgan fingerprint density at radius 2 is 0.741 bits per heavy atom. The van der Waals surface area contributed by atoms with Gasteiger partial charge < -0.3 is 9.47 Å². The minimum absolute atomic E-state index is 0.283. The molecular formula is C79H74N2. The first-order chi connectivity index (χ1) is 39.7. The molecular weight excluding hydrogens is 977 g/mol. The largest absolute Gasteiger partial charge is 0.310 e. The third kappa shape index (κ3) is 10.6. The van der Waals surface area contributed by atoms with Gasteiger partial charge in [0, 0.05) is 38.9 Å². The molecule has 1 heterocycles. The van der Waals surface area contributed by atoms with Crippen LogP contribution in [0.2, 0.25) is 0 Å². The van der Waals surface area contributed by atoms with Crippen molar-refractivity contribution in [2.45, 2.75) is 97.3 Å². The highest BCUT2D eigenvalue weighted by atomic mass is 15.1. The Kier molecular flexibility index (Phi) is 15.1. The highest BCUT2D eigenvalue weighted by Crippen LogP contribution is 2.52. The molecule has 0 atom stereocenters. The van der Waals surface area contributed by atoms with Crippen LogP contribution < -0.4 is 4.90 Å². The van der Waals surface area contributed by atoms with Gasteiger partial charge in [-0.1, -0.05) is 237 Å². The molecule has 0 radical (unpaired) electrons. The van der Waals surface area contributed by atoms with Gasteiger partial charge in [-0.05, 0) is 187 Å². The van der Waals surface area contributed by atoms with Gasteiger partial charge >= 0.3 is 0 Å². The fourth-order valence-corrected chi connectivity index (χ4v) is 12.6. The Labute approximate surface area is 481 Å². The first-order valence-corrected chi connectivity index (χ1v) is 29.7. The number of aryl methyl sites for hydroxylation is 2. The van der Waals surface area contributed by atoms with Crippen LogP contribution in [0.4, 0.5) is 17.1 Å². The molecule has 0 aliphatic heterocycles. The van der Waals surface area contributed by atoms with Gasteiger partial charge in [0.2, 0.25) is 0 Å². The molecule has 11 aromatic rings.